The summed E-state index contributed by atoms with van der Waals surface area (Å²) in [4.78, 5) is 58.5. The number of fused-ring (bicyclic) bond motifs is 2. The summed E-state index contributed by atoms with van der Waals surface area (Å²) < 4.78 is 94.0. The molecule has 2 aliphatic carbocycles. The molecular weight excluding hydrogens is 1880 g/mol. The fraction of sp³-hybridized carbons (Fsp3) is 0.546. The van der Waals surface area contributed by atoms with Gasteiger partial charge in [-0.05, 0) is 278 Å². The molecule has 8 aromatic rings. The van der Waals surface area contributed by atoms with Crippen LogP contribution in [0.2, 0.25) is 90.7 Å². The summed E-state index contributed by atoms with van der Waals surface area (Å²) >= 11 is 0. The number of allylic oxidation sites excluding steroid dienone is 5. The minimum atomic E-state index is -4.45. The first-order valence-corrected chi connectivity index (χ1v) is 66.6. The number of carbonyl (C=O) groups excluding carboxylic acids is 3. The van der Waals surface area contributed by atoms with E-state index < -0.39 is 65.4 Å². The predicted molar refractivity (Wildman–Crippen MR) is 593 cm³/mol. The molecule has 0 amide bonds. The molecule has 3 unspecified atom stereocenters. The van der Waals surface area contributed by atoms with Gasteiger partial charge in [-0.3, -0.25) is 29.1 Å². The number of ether oxygens (including phenoxy) is 3. The number of aliphatic carboxylic acids is 1. The lowest BCUT2D eigenvalue weighted by Crippen LogP contribution is -2.45. The second-order valence-corrected chi connectivity index (χ2v) is 71.2. The van der Waals surface area contributed by atoms with E-state index >= 15 is 0 Å². The zero-order valence-corrected chi connectivity index (χ0v) is 96.8. The standard InChI is InChI=1S/C62H93NO7Si3.C36H59F3O5Si2.C21H21NO2/c1-18-53(56(64)40-47-30-33-50-42-63-37-36-49(50)39-47)48-31-28-46(29-32-48)43-67-59(65)27-22-20-19-21-26-54-55(58(70-73(16,17)62(9,10)11)41-57(54)69-72(14,15)61(6,7)8)35-34-52(68-71(12,13)60(3,4)5)44-66-51-25-23-24-45(2)38-51;1-26-23-32(44-46(10,11)35(5,6)7)31(19-14-12-13-15-20-33(40)41)30(26)22-21-29(43-45(8,9)34(2,3)4)25-42-28-18-16-17-27(24-28)36(37,38)39;1-2-20(17-6-3-15(14-23)4-7-17)21(24)12-16-5-8-19-13-22-10-9-18(19)11-16/h19,21,23-25,28-39,42,52-55,57-58H,18,20,22,26-27,40-41,43-44H2,1-17H3;12,14,16-18,21-22,24,26,29-32H,13,15,19-20,23,25H2,1-11H3,(H,40,41);3-11,13,20,23H,2,12,14H2,1H3/b21-19-,35-34+;14-12-,22-21+;/t52-,53?,54?,55-,57+,58-;26-,29-,30+,31-,32+;/m11./s1. The molecule has 0 saturated heterocycles. The molecule has 2 heterocycles. The average Bonchev–Trinajstić information content (AvgIpc) is 1.61. The van der Waals surface area contributed by atoms with E-state index in [0.717, 1.165) is 123 Å². The highest BCUT2D eigenvalue weighted by Gasteiger charge is 2.52. The number of aliphatic hydroxyl groups excluding tert-OH is 1. The van der Waals surface area contributed by atoms with E-state index in [1.54, 1.807) is 18.5 Å². The monoisotopic (exact) mass is 2050 g/mol. The Morgan fingerprint density at radius 3 is 1.29 bits per heavy atom. The fourth-order valence-corrected chi connectivity index (χ4v) is 23.9. The number of nitrogens with zero attached hydrogens (tertiary/aromatic N) is 2. The summed E-state index contributed by atoms with van der Waals surface area (Å²) in [5, 5.41) is 22.6. The first-order valence-electron chi connectivity index (χ1n) is 52.1. The second-order valence-electron chi connectivity index (χ2n) is 47.5. The number of halogens is 3. The van der Waals surface area contributed by atoms with E-state index in [2.05, 4.69) is 273 Å². The molecule has 10 rings (SSSR count). The Labute approximate surface area is 861 Å². The third-order valence-electron chi connectivity index (χ3n) is 31.2. The number of hydrogen-bond donors (Lipinski definition) is 2. The molecule has 0 spiro atoms. The van der Waals surface area contributed by atoms with Gasteiger partial charge in [0.2, 0.25) is 0 Å². The molecule has 0 bridgehead atoms. The van der Waals surface area contributed by atoms with Crippen molar-refractivity contribution in [1.82, 2.24) is 9.97 Å². The Kier molecular flexibility index (Phi) is 44.0. The molecule has 6 aromatic carbocycles. The lowest BCUT2D eigenvalue weighted by atomic mass is 9.87. The van der Waals surface area contributed by atoms with E-state index in [-0.39, 0.29) is 135 Å². The van der Waals surface area contributed by atoms with Gasteiger partial charge >= 0.3 is 18.1 Å². The lowest BCUT2D eigenvalue weighted by Gasteiger charge is -2.40. The van der Waals surface area contributed by atoms with Crippen LogP contribution in [0.15, 0.2) is 219 Å². The van der Waals surface area contributed by atoms with Crippen LogP contribution in [0.25, 0.3) is 21.5 Å². The number of rotatable bonds is 45. The number of unbranched alkanes of at least 4 members (excludes halogenated alkanes) is 2. The van der Waals surface area contributed by atoms with Crippen molar-refractivity contribution in [3.63, 3.8) is 0 Å². The maximum atomic E-state index is 13.5. The lowest BCUT2D eigenvalue weighted by molar-refractivity contribution is -0.145. The summed E-state index contributed by atoms with van der Waals surface area (Å²) in [6, 6.07) is 45.0. The number of benzene rings is 6. The van der Waals surface area contributed by atoms with Gasteiger partial charge in [0, 0.05) is 85.1 Å². The number of aromatic nitrogens is 2. The highest BCUT2D eigenvalue weighted by Crippen LogP contribution is 2.51. The quantitative estimate of drug-likeness (QED) is 0.0157. The number of ketones is 2. The Balaban J connectivity index is 0.000000301. The van der Waals surface area contributed by atoms with E-state index in [9.17, 15) is 32.3 Å². The first-order chi connectivity index (χ1) is 66.6. The Hall–Kier alpha value is -8.39. The van der Waals surface area contributed by atoms with Gasteiger partial charge in [0.05, 0.1) is 36.6 Å². The van der Waals surface area contributed by atoms with Crippen LogP contribution in [0, 0.1) is 36.5 Å². The molecule has 2 aromatic heterocycles. The SMILES string of the molecule is CCC(C(=O)Cc1ccc2cnccc2c1)c1ccc(CO)cc1.CCC(C(=O)Cc1ccc2cnccc2c1)c1ccc(COC(=O)CCC/C=C\CC2[C@@H](O[Si](C)(C)C(C)(C)C)C[C@@H](O[Si](C)(C)C(C)(C)C)[C@@H]2/C=C/[C@H](COc2cccc(C)c2)O[Si](C)(C)C(C)(C)C)cc1.C[C@@H]1C[C@H](O[Si](C)(C)C(C)(C)C)[C@H](C/C=C\CCCC(=O)O)[C@H]1/C=C/[C@H](COc1cccc(C(F)(F)F)c1)O[Si](C)(C)C(C)(C)C. The Bertz CT molecular complexity index is 5500. The minimum absolute atomic E-state index is 0.00242. The maximum absolute atomic E-state index is 13.5. The van der Waals surface area contributed by atoms with Crippen molar-refractivity contribution in [3.05, 3.63) is 263 Å². The van der Waals surface area contributed by atoms with Crippen molar-refractivity contribution < 1.29 is 78.9 Å². The van der Waals surface area contributed by atoms with Crippen LogP contribution in [-0.2, 0) is 78.3 Å². The van der Waals surface area contributed by atoms with E-state index in [0.29, 0.717) is 51.0 Å². The molecule has 12 atom stereocenters. The van der Waals surface area contributed by atoms with Crippen LogP contribution in [0.4, 0.5) is 13.2 Å². The molecule has 2 N–H and O–H groups in total. The normalized spacial score (nSPS) is 19.1. The summed E-state index contributed by atoms with van der Waals surface area (Å²) in [7, 11) is -10.8. The van der Waals surface area contributed by atoms with Crippen LogP contribution in [0.3, 0.4) is 0 Å². The molecule has 16 nitrogen and oxygen atoms in total. The summed E-state index contributed by atoms with van der Waals surface area (Å²) in [5.74, 6) is 1.22. The fourth-order valence-electron chi connectivity index (χ4n) is 17.3. The topological polar surface area (TPSA) is 208 Å². The molecule has 2 fully saturated rings. The van der Waals surface area contributed by atoms with Gasteiger partial charge < -0.3 is 46.6 Å². The van der Waals surface area contributed by atoms with Gasteiger partial charge in [0.25, 0.3) is 0 Å². The zero-order chi connectivity index (χ0) is 106. The van der Waals surface area contributed by atoms with Crippen LogP contribution in [0.5, 0.6) is 11.5 Å². The number of carboxylic acid groups (broad SMARTS) is 1. The van der Waals surface area contributed by atoms with E-state index in [1.807, 2.05) is 116 Å². The number of carboxylic acids is 1. The van der Waals surface area contributed by atoms with Gasteiger partial charge in [-0.2, -0.15) is 13.2 Å². The number of esters is 1. The summed E-state index contributed by atoms with van der Waals surface area (Å²) in [6.45, 7) is 66.2. The number of hydrogen-bond acceptors (Lipinski definition) is 15. The summed E-state index contributed by atoms with van der Waals surface area (Å²) in [6.07, 6.45) is 29.1. The number of aliphatic hydroxyl groups is 1. The average molecular weight is 2050 g/mol. The van der Waals surface area contributed by atoms with Gasteiger partial charge in [-0.15, -0.1) is 0 Å². The molecule has 143 heavy (non-hydrogen) atoms. The van der Waals surface area contributed by atoms with Crippen LogP contribution < -0.4 is 9.47 Å². The molecule has 0 radical (unpaired) electrons. The zero-order valence-electron chi connectivity index (χ0n) is 91.8. The molecule has 2 aliphatic rings. The Morgan fingerprint density at radius 2 is 0.867 bits per heavy atom. The van der Waals surface area contributed by atoms with Gasteiger partial charge in [0.1, 0.15) is 42.9 Å². The number of pyridine rings is 2. The highest BCUT2D eigenvalue weighted by atomic mass is 28.4. The smallest absolute Gasteiger partial charge is 0.416 e. The van der Waals surface area contributed by atoms with Crippen molar-refractivity contribution in [2.75, 3.05) is 13.2 Å². The second kappa shape index (κ2) is 52.5. The van der Waals surface area contributed by atoms with Crippen LogP contribution in [-0.4, -0.2) is 129 Å². The van der Waals surface area contributed by atoms with Gasteiger partial charge in [-0.25, -0.2) is 0 Å². The molecule has 0 aliphatic heterocycles. The van der Waals surface area contributed by atoms with Gasteiger partial charge in [0.15, 0.2) is 41.6 Å². The van der Waals surface area contributed by atoms with E-state index in [1.165, 1.54) is 6.07 Å². The number of aryl methyl sites for hydroxylation is 1. The third-order valence-corrected chi connectivity index (χ3v) is 53.7. The highest BCUT2D eigenvalue weighted by molar-refractivity contribution is 6.76. The maximum Gasteiger partial charge on any atom is 0.416 e. The number of alkyl halides is 3. The summed E-state index contributed by atoms with van der Waals surface area (Å²) in [5.41, 5.74) is 6.23. The molecule has 24 heteroatoms. The van der Waals surface area contributed by atoms with Crippen molar-refractivity contribution in [1.29, 1.82) is 0 Å². The van der Waals surface area contributed by atoms with Crippen LogP contribution >= 0.6 is 0 Å². The minimum Gasteiger partial charge on any atom is -0.491 e. The Morgan fingerprint density at radius 1 is 0.462 bits per heavy atom. The van der Waals surface area contributed by atoms with Gasteiger partial charge in [-0.1, -0.05) is 276 Å². The van der Waals surface area contributed by atoms with Crippen LogP contribution in [0.1, 0.15) is 258 Å². The van der Waals surface area contributed by atoms with Crippen molar-refractivity contribution >= 4 is 86.6 Å². The molecule has 2 saturated carbocycles. The molecule has 784 valence electrons. The largest absolute Gasteiger partial charge is 0.491 e. The number of Topliss-reactive ketones (excluding diaryl/α,β-unsaturated/α-hetero) is 2. The number of carbonyl (C=O) groups is 4. The molecular formula is C119H173F3N2O14Si5. The van der Waals surface area contributed by atoms with Crippen molar-refractivity contribution in [3.8, 4) is 11.5 Å². The van der Waals surface area contributed by atoms with Crippen molar-refractivity contribution in [2.45, 2.75) is 374 Å². The van der Waals surface area contributed by atoms with Crippen molar-refractivity contribution in [2.24, 2.45) is 29.6 Å². The van der Waals surface area contributed by atoms with E-state index in [4.69, 9.17) is 46.6 Å². The first kappa shape index (κ1) is 120. The third kappa shape index (κ3) is 36.3. The predicted octanol–water partition coefficient (Wildman–Crippen LogP) is 31.4.